The molecule has 1 aliphatic rings. The molecule has 0 aliphatic carbocycles. The van der Waals surface area contributed by atoms with Gasteiger partial charge in [0.25, 0.3) is 15.6 Å². The average molecular weight is 471 g/mol. The molecular weight excluding hydrogens is 444 g/mol. The lowest BCUT2D eigenvalue weighted by Crippen LogP contribution is -2.40. The fourth-order valence-corrected chi connectivity index (χ4v) is 5.24. The van der Waals surface area contributed by atoms with Gasteiger partial charge < -0.3 is 4.90 Å². The first-order valence-corrected chi connectivity index (χ1v) is 12.3. The van der Waals surface area contributed by atoms with E-state index in [4.69, 9.17) is 0 Å². The Balaban J connectivity index is 1.70. The van der Waals surface area contributed by atoms with Crippen LogP contribution in [0.1, 0.15) is 24.8 Å². The van der Waals surface area contributed by atoms with Crippen molar-refractivity contribution in [1.82, 2.24) is 14.0 Å². The molecule has 4 rings (SSSR count). The van der Waals surface area contributed by atoms with Gasteiger partial charge in [0.05, 0.1) is 21.5 Å². The normalized spacial score (nSPS) is 14.1. The first-order valence-electron chi connectivity index (χ1n) is 10.8. The van der Waals surface area contributed by atoms with Gasteiger partial charge >= 0.3 is 5.69 Å². The van der Waals surface area contributed by atoms with Gasteiger partial charge in [-0.05, 0) is 49.6 Å². The summed E-state index contributed by atoms with van der Waals surface area (Å²) in [5.74, 6) is -0.0969. The number of likely N-dealkylation sites (tertiary alicyclic amines) is 1. The van der Waals surface area contributed by atoms with Crippen LogP contribution in [-0.4, -0.2) is 41.4 Å². The Bertz CT molecular complexity index is 1450. The van der Waals surface area contributed by atoms with Gasteiger partial charge in [0.15, 0.2) is 0 Å². The highest BCUT2D eigenvalue weighted by molar-refractivity contribution is 7.92. The van der Waals surface area contributed by atoms with Crippen LogP contribution in [-0.2, 0) is 28.4 Å². The zero-order chi connectivity index (χ0) is 23.8. The number of sulfonamides is 1. The van der Waals surface area contributed by atoms with Crippen molar-refractivity contribution in [3.05, 3.63) is 68.9 Å². The number of carbonyl (C=O) groups is 1. The van der Waals surface area contributed by atoms with Crippen LogP contribution in [0.25, 0.3) is 10.9 Å². The van der Waals surface area contributed by atoms with Gasteiger partial charge in [-0.2, -0.15) is 0 Å². The molecule has 1 amide bonds. The quantitative estimate of drug-likeness (QED) is 0.591. The van der Waals surface area contributed by atoms with Crippen LogP contribution in [0, 0.1) is 6.92 Å². The summed E-state index contributed by atoms with van der Waals surface area (Å²) in [6.07, 6.45) is 1.95. The molecule has 2 heterocycles. The first kappa shape index (κ1) is 22.8. The second-order valence-electron chi connectivity index (χ2n) is 8.24. The molecule has 1 N–H and O–H groups in total. The van der Waals surface area contributed by atoms with Crippen LogP contribution in [0.4, 0.5) is 5.69 Å². The van der Waals surface area contributed by atoms with E-state index >= 15 is 0 Å². The van der Waals surface area contributed by atoms with Crippen molar-refractivity contribution in [2.75, 3.05) is 17.8 Å². The first-order chi connectivity index (χ1) is 15.7. The standard InChI is InChI=1S/C23H26N4O5S/c1-16-7-3-4-8-19(16)24-33(31,32)17-9-10-20-18(15-17)22(29)27(23(30)25(20)2)14-11-21(28)26-12-5-6-13-26/h3-4,7-10,15,24H,5-6,11-14H2,1-2H3. The predicted molar refractivity (Wildman–Crippen MR) is 126 cm³/mol. The summed E-state index contributed by atoms with van der Waals surface area (Å²) in [5.41, 5.74) is 0.359. The number of hydrogen-bond acceptors (Lipinski definition) is 5. The summed E-state index contributed by atoms with van der Waals surface area (Å²) in [6, 6.07) is 11.1. The molecule has 1 saturated heterocycles. The smallest absolute Gasteiger partial charge is 0.331 e. The Labute approximate surface area is 191 Å². The van der Waals surface area contributed by atoms with Crippen molar-refractivity contribution < 1.29 is 13.2 Å². The van der Waals surface area contributed by atoms with Crippen molar-refractivity contribution in [1.29, 1.82) is 0 Å². The number of aromatic nitrogens is 2. The molecule has 33 heavy (non-hydrogen) atoms. The molecule has 0 saturated carbocycles. The van der Waals surface area contributed by atoms with E-state index in [9.17, 15) is 22.8 Å². The van der Waals surface area contributed by atoms with Crippen LogP contribution in [0.2, 0.25) is 0 Å². The van der Waals surface area contributed by atoms with Crippen LogP contribution in [0.3, 0.4) is 0 Å². The van der Waals surface area contributed by atoms with Gasteiger partial charge in [-0.1, -0.05) is 18.2 Å². The lowest BCUT2D eigenvalue weighted by atomic mass is 10.2. The lowest BCUT2D eigenvalue weighted by molar-refractivity contribution is -0.130. The minimum Gasteiger partial charge on any atom is -0.343 e. The number of benzene rings is 2. The fourth-order valence-electron chi connectivity index (χ4n) is 4.08. The minimum absolute atomic E-state index is 0.0352. The molecule has 1 aliphatic heterocycles. The molecule has 1 fully saturated rings. The maximum Gasteiger partial charge on any atom is 0.331 e. The Hall–Kier alpha value is -3.40. The number of nitrogens with zero attached hydrogens (tertiary/aromatic N) is 3. The van der Waals surface area contributed by atoms with Crippen molar-refractivity contribution in [3.63, 3.8) is 0 Å². The van der Waals surface area contributed by atoms with Gasteiger partial charge in [-0.25, -0.2) is 13.2 Å². The third kappa shape index (κ3) is 4.43. The monoisotopic (exact) mass is 470 g/mol. The number of hydrogen-bond donors (Lipinski definition) is 1. The van der Waals surface area contributed by atoms with E-state index in [1.165, 1.54) is 29.8 Å². The van der Waals surface area contributed by atoms with E-state index in [0.29, 0.717) is 24.3 Å². The fraction of sp³-hybridized carbons (Fsp3) is 0.348. The van der Waals surface area contributed by atoms with E-state index in [0.717, 1.165) is 23.0 Å². The Morgan fingerprint density at radius 3 is 2.45 bits per heavy atom. The number of anilines is 1. The second kappa shape index (κ2) is 8.86. The molecule has 0 spiro atoms. The lowest BCUT2D eigenvalue weighted by Gasteiger charge is -2.16. The molecule has 2 aromatic carbocycles. The van der Waals surface area contributed by atoms with Gasteiger partial charge in [0, 0.05) is 33.1 Å². The van der Waals surface area contributed by atoms with Crippen molar-refractivity contribution in [3.8, 4) is 0 Å². The van der Waals surface area contributed by atoms with Gasteiger partial charge in [0.1, 0.15) is 0 Å². The zero-order valence-electron chi connectivity index (χ0n) is 18.6. The maximum absolute atomic E-state index is 13.1. The highest BCUT2D eigenvalue weighted by Gasteiger charge is 2.21. The number of para-hydroxylation sites is 1. The van der Waals surface area contributed by atoms with Crippen LogP contribution in [0.5, 0.6) is 0 Å². The average Bonchev–Trinajstić information content (AvgIpc) is 3.33. The summed E-state index contributed by atoms with van der Waals surface area (Å²) >= 11 is 0. The molecule has 0 radical (unpaired) electrons. The third-order valence-corrected chi connectivity index (χ3v) is 7.39. The zero-order valence-corrected chi connectivity index (χ0v) is 19.4. The van der Waals surface area contributed by atoms with Crippen LogP contribution < -0.4 is 16.0 Å². The summed E-state index contributed by atoms with van der Waals surface area (Å²) < 4.78 is 30.8. The number of rotatable bonds is 6. The van der Waals surface area contributed by atoms with Crippen molar-refractivity contribution in [2.45, 2.75) is 37.6 Å². The number of fused-ring (bicyclic) bond motifs is 1. The number of amides is 1. The summed E-state index contributed by atoms with van der Waals surface area (Å²) in [7, 11) is -2.45. The molecule has 0 atom stereocenters. The Kier molecular flexibility index (Phi) is 6.11. The molecule has 9 nitrogen and oxygen atoms in total. The van der Waals surface area contributed by atoms with E-state index in [-0.39, 0.29) is 29.2 Å². The van der Waals surface area contributed by atoms with Gasteiger partial charge in [-0.15, -0.1) is 0 Å². The van der Waals surface area contributed by atoms with E-state index in [2.05, 4.69) is 4.72 Å². The number of nitrogens with one attached hydrogen (secondary N) is 1. The highest BCUT2D eigenvalue weighted by atomic mass is 32.2. The maximum atomic E-state index is 13.1. The van der Waals surface area contributed by atoms with Crippen molar-refractivity contribution >= 4 is 32.5 Å². The summed E-state index contributed by atoms with van der Waals surface area (Å²) in [4.78, 5) is 39.9. The summed E-state index contributed by atoms with van der Waals surface area (Å²) in [6.45, 7) is 3.11. The molecule has 3 aromatic rings. The molecule has 0 unspecified atom stereocenters. The van der Waals surface area contributed by atoms with Crippen LogP contribution >= 0.6 is 0 Å². The predicted octanol–water partition coefficient (Wildman–Crippen LogP) is 1.82. The Morgan fingerprint density at radius 1 is 1.06 bits per heavy atom. The summed E-state index contributed by atoms with van der Waals surface area (Å²) in [5, 5.41) is 0.0957. The van der Waals surface area contributed by atoms with E-state index in [1.54, 1.807) is 36.1 Å². The third-order valence-electron chi connectivity index (χ3n) is 6.03. The largest absolute Gasteiger partial charge is 0.343 e. The number of aryl methyl sites for hydroxylation is 2. The SMILES string of the molecule is Cc1ccccc1NS(=O)(=O)c1ccc2c(c1)c(=O)n(CCC(=O)N1CCCC1)c(=O)n2C. The molecule has 0 bridgehead atoms. The second-order valence-corrected chi connectivity index (χ2v) is 9.92. The molecule has 174 valence electrons. The highest BCUT2D eigenvalue weighted by Crippen LogP contribution is 2.21. The van der Waals surface area contributed by atoms with E-state index < -0.39 is 21.3 Å². The Morgan fingerprint density at radius 2 is 1.76 bits per heavy atom. The van der Waals surface area contributed by atoms with Gasteiger partial charge in [-0.3, -0.25) is 23.4 Å². The topological polar surface area (TPSA) is 110 Å². The molecule has 10 heteroatoms. The number of carbonyl (C=O) groups excluding carboxylic acids is 1. The van der Waals surface area contributed by atoms with Crippen LogP contribution in [0.15, 0.2) is 56.9 Å². The van der Waals surface area contributed by atoms with E-state index in [1.807, 2.05) is 0 Å². The van der Waals surface area contributed by atoms with Crippen molar-refractivity contribution in [2.24, 2.45) is 7.05 Å². The minimum atomic E-state index is -3.96. The molecular formula is C23H26N4O5S. The molecule has 1 aromatic heterocycles. The van der Waals surface area contributed by atoms with Gasteiger partial charge in [0.2, 0.25) is 5.91 Å².